The molecule has 0 rings (SSSR count). The number of rotatable bonds is 5. The third kappa shape index (κ3) is 2.93. The van der Waals surface area contributed by atoms with Crippen LogP contribution in [0.4, 0.5) is 52.7 Å². The minimum atomic E-state index is -7.67. The van der Waals surface area contributed by atoms with Crippen molar-refractivity contribution in [2.24, 2.45) is 0 Å². The lowest BCUT2D eigenvalue weighted by Crippen LogP contribution is -2.67. The first-order valence-corrected chi connectivity index (χ1v) is 5.24. The molecule has 0 spiro atoms. The molecule has 0 aliphatic rings. The van der Waals surface area contributed by atoms with Crippen molar-refractivity contribution in [2.45, 2.75) is 35.4 Å². The minimum Gasteiger partial charge on any atom is -0.768 e. The van der Waals surface area contributed by atoms with Gasteiger partial charge in [0.25, 0.3) is 6.17 Å². The Labute approximate surface area is 109 Å². The zero-order valence-corrected chi connectivity index (χ0v) is 9.65. The van der Waals surface area contributed by atoms with Crippen molar-refractivity contribution in [3.63, 3.8) is 0 Å². The van der Waals surface area contributed by atoms with E-state index in [0.29, 0.717) is 0 Å². The molecule has 0 aromatic carbocycles. The van der Waals surface area contributed by atoms with Crippen molar-refractivity contribution in [2.75, 3.05) is 0 Å². The van der Waals surface area contributed by atoms with Crippen LogP contribution in [0.15, 0.2) is 0 Å². The zero-order chi connectivity index (χ0) is 17.7. The smallest absolute Gasteiger partial charge is 0.425 e. The van der Waals surface area contributed by atoms with Crippen molar-refractivity contribution >= 4 is 11.1 Å². The molecule has 2 unspecified atom stereocenters. The summed E-state index contributed by atoms with van der Waals surface area (Å²) in [6.45, 7) is 0. The number of hydrogen-bond donors (Lipinski definition) is 0. The van der Waals surface area contributed by atoms with E-state index >= 15 is 0 Å². The normalized spacial score (nSPS) is 18.5. The van der Waals surface area contributed by atoms with Crippen LogP contribution in [-0.2, 0) is 11.1 Å². The Morgan fingerprint density at radius 1 is 0.762 bits per heavy atom. The molecule has 0 aromatic rings. The van der Waals surface area contributed by atoms with Crippen LogP contribution in [0.2, 0.25) is 0 Å². The molecule has 0 aliphatic heterocycles. The van der Waals surface area contributed by atoms with Crippen LogP contribution in [0, 0.1) is 0 Å². The average molecular weight is 365 g/mol. The Hall–Kier alpha value is -0.730. The summed E-state index contributed by atoms with van der Waals surface area (Å²) >= 11 is -5.41. The Kier molecular flexibility index (Phi) is 4.99. The third-order valence-corrected chi connectivity index (χ3v) is 2.67. The molecule has 0 bridgehead atoms. The molecule has 2 atom stereocenters. The highest BCUT2D eigenvalue weighted by atomic mass is 32.2. The van der Waals surface area contributed by atoms with Crippen molar-refractivity contribution < 1.29 is 61.4 Å². The summed E-state index contributed by atoms with van der Waals surface area (Å²) in [5.74, 6) is -22.6. The molecule has 21 heavy (non-hydrogen) atoms. The van der Waals surface area contributed by atoms with Crippen molar-refractivity contribution in [3.05, 3.63) is 0 Å². The molecule has 0 amide bonds. The highest BCUT2D eigenvalue weighted by Crippen LogP contribution is 2.56. The van der Waals surface area contributed by atoms with Gasteiger partial charge in [0.15, 0.2) is 0 Å². The molecule has 0 saturated heterocycles. The van der Waals surface area contributed by atoms with Crippen molar-refractivity contribution in [1.82, 2.24) is 0 Å². The Bertz CT molecular complexity index is 414. The van der Waals surface area contributed by atoms with Gasteiger partial charge in [-0.1, -0.05) is 0 Å². The summed E-state index contributed by atoms with van der Waals surface area (Å²) in [5.41, 5.74) is 0. The number of hydrogen-bond acceptors (Lipinski definition) is 2. The van der Waals surface area contributed by atoms with Gasteiger partial charge in [0.1, 0.15) is 0 Å². The van der Waals surface area contributed by atoms with Gasteiger partial charge in [-0.2, -0.15) is 48.3 Å². The van der Waals surface area contributed by atoms with E-state index in [0.717, 1.165) is 0 Å². The largest absolute Gasteiger partial charge is 0.768 e. The summed E-state index contributed by atoms with van der Waals surface area (Å²) in [6.07, 6.45) is -12.7. The lowest BCUT2D eigenvalue weighted by Gasteiger charge is -2.38. The van der Waals surface area contributed by atoms with E-state index in [2.05, 4.69) is 0 Å². The summed E-state index contributed by atoms with van der Waals surface area (Å²) in [4.78, 5) is 0. The Morgan fingerprint density at radius 3 is 1.33 bits per heavy atom. The standard InChI is InChI=1S/C6H2F12O2S/c7-1(3(10,11)12)2(8,9)4(13,14)5(15,16)6(17,18)21(19)20/h1H,(H,19,20)/p-1. The van der Waals surface area contributed by atoms with Crippen LogP contribution in [0.5, 0.6) is 0 Å². The van der Waals surface area contributed by atoms with E-state index in [4.69, 9.17) is 0 Å². The predicted octanol–water partition coefficient (Wildman–Crippen LogP) is 3.26. The second-order valence-electron chi connectivity index (χ2n) is 3.43. The fourth-order valence-corrected chi connectivity index (χ4v) is 1.20. The molecule has 2 nitrogen and oxygen atoms in total. The topological polar surface area (TPSA) is 40.1 Å². The second kappa shape index (κ2) is 5.17. The van der Waals surface area contributed by atoms with Gasteiger partial charge in [0, 0.05) is 11.1 Å². The first-order valence-electron chi connectivity index (χ1n) is 4.16. The van der Waals surface area contributed by atoms with E-state index in [1.165, 1.54) is 0 Å². The second-order valence-corrected chi connectivity index (χ2v) is 4.41. The lowest BCUT2D eigenvalue weighted by molar-refractivity contribution is -0.379. The Balaban J connectivity index is 6.03. The van der Waals surface area contributed by atoms with Gasteiger partial charge in [-0.25, -0.2) is 4.39 Å². The predicted molar refractivity (Wildman–Crippen MR) is 39.7 cm³/mol. The molecule has 0 aromatic heterocycles. The molecule has 0 radical (unpaired) electrons. The Morgan fingerprint density at radius 2 is 1.10 bits per heavy atom. The van der Waals surface area contributed by atoms with E-state index in [1.54, 1.807) is 0 Å². The van der Waals surface area contributed by atoms with Crippen molar-refractivity contribution in [1.29, 1.82) is 0 Å². The molecule has 0 aliphatic carbocycles. The summed E-state index contributed by atoms with van der Waals surface area (Å²) in [5, 5.41) is -6.88. The molecule has 15 heteroatoms. The maximum atomic E-state index is 12.6. The zero-order valence-electron chi connectivity index (χ0n) is 8.84. The summed E-state index contributed by atoms with van der Waals surface area (Å²) < 4.78 is 166. The fraction of sp³-hybridized carbons (Fsp3) is 1.00. The van der Waals surface area contributed by atoms with Crippen LogP contribution >= 0.6 is 0 Å². The van der Waals surface area contributed by atoms with E-state index in [9.17, 15) is 61.4 Å². The first-order chi connectivity index (χ1) is 8.85. The van der Waals surface area contributed by atoms with Crippen LogP contribution in [-0.4, -0.2) is 44.1 Å². The molecule has 0 heterocycles. The van der Waals surface area contributed by atoms with Gasteiger partial charge in [-0.3, -0.25) is 4.21 Å². The van der Waals surface area contributed by atoms with Gasteiger partial charge in [0.2, 0.25) is 0 Å². The summed E-state index contributed by atoms with van der Waals surface area (Å²) in [7, 11) is 0. The van der Waals surface area contributed by atoms with Crippen LogP contribution in [0.1, 0.15) is 0 Å². The monoisotopic (exact) mass is 365 g/mol. The molecule has 0 saturated carbocycles. The maximum absolute atomic E-state index is 12.6. The van der Waals surface area contributed by atoms with Gasteiger partial charge >= 0.3 is 29.2 Å². The highest BCUT2D eigenvalue weighted by Gasteiger charge is 2.85. The fourth-order valence-electron chi connectivity index (χ4n) is 0.861. The maximum Gasteiger partial charge on any atom is 0.425 e. The first kappa shape index (κ1) is 20.3. The van der Waals surface area contributed by atoms with Gasteiger partial charge in [-0.15, -0.1) is 0 Å². The molecule has 0 fully saturated rings. The van der Waals surface area contributed by atoms with Gasteiger partial charge < -0.3 is 4.55 Å². The minimum absolute atomic E-state index is 5.41. The lowest BCUT2D eigenvalue weighted by atomic mass is 10.00. The van der Waals surface area contributed by atoms with Crippen LogP contribution in [0.3, 0.4) is 0 Å². The molecular formula is C6HF12O2S-. The quantitative estimate of drug-likeness (QED) is 0.554. The van der Waals surface area contributed by atoms with Gasteiger partial charge in [0.05, 0.1) is 0 Å². The van der Waals surface area contributed by atoms with Crippen LogP contribution in [0.25, 0.3) is 0 Å². The van der Waals surface area contributed by atoms with E-state index in [1.807, 2.05) is 0 Å². The molecule has 0 N–H and O–H groups in total. The van der Waals surface area contributed by atoms with E-state index < -0.39 is 46.5 Å². The van der Waals surface area contributed by atoms with Crippen molar-refractivity contribution in [3.8, 4) is 0 Å². The summed E-state index contributed by atoms with van der Waals surface area (Å²) in [6, 6.07) is 0. The molecule has 128 valence electrons. The SMILES string of the molecule is O=S([O-])C(F)(F)C(F)(F)C(F)(F)C(F)(F)C(F)C(F)(F)F. The average Bonchev–Trinajstić information content (AvgIpc) is 2.25. The number of halogens is 12. The molecular weight excluding hydrogens is 364 g/mol. The highest BCUT2D eigenvalue weighted by molar-refractivity contribution is 7.80. The van der Waals surface area contributed by atoms with Gasteiger partial charge in [-0.05, 0) is 0 Å². The van der Waals surface area contributed by atoms with E-state index in [-0.39, 0.29) is 0 Å². The third-order valence-electron chi connectivity index (χ3n) is 1.99. The van der Waals surface area contributed by atoms with Crippen LogP contribution < -0.4 is 0 Å². The number of alkyl halides is 12.